The predicted molar refractivity (Wildman–Crippen MR) is 155 cm³/mol. The molecule has 0 aromatic heterocycles. The van der Waals surface area contributed by atoms with Crippen LogP contribution in [0.3, 0.4) is 0 Å². The number of allylic oxidation sites excluding steroid dienone is 6. The van der Waals surface area contributed by atoms with Gasteiger partial charge in [-0.2, -0.15) is 0 Å². The van der Waals surface area contributed by atoms with Gasteiger partial charge in [0.25, 0.3) is 0 Å². The molecule has 0 fully saturated rings. The van der Waals surface area contributed by atoms with Crippen LogP contribution in [0, 0.1) is 0 Å². The minimum Gasteiger partial charge on any atom is -0.329 e. The summed E-state index contributed by atoms with van der Waals surface area (Å²) in [6.07, 6.45) is 11.4. The Bertz CT molecular complexity index is 1770. The highest BCUT2D eigenvalue weighted by molar-refractivity contribution is 6.04. The van der Waals surface area contributed by atoms with Gasteiger partial charge in [0.2, 0.25) is 0 Å². The molecule has 2 heteroatoms. The molecule has 0 saturated heterocycles. The summed E-state index contributed by atoms with van der Waals surface area (Å²) in [5.41, 5.74) is 19.7. The van der Waals surface area contributed by atoms with Crippen molar-refractivity contribution in [2.24, 2.45) is 0 Å². The van der Waals surface area contributed by atoms with E-state index in [2.05, 4.69) is 119 Å². The average molecular weight is 485 g/mol. The Morgan fingerprint density at radius 3 is 1.50 bits per heavy atom. The number of hydrogen-bond donors (Lipinski definition) is 0. The van der Waals surface area contributed by atoms with E-state index >= 15 is 0 Å². The predicted octanol–water partition coefficient (Wildman–Crippen LogP) is 8.54. The molecular formula is C36H24N2. The third-order valence-corrected chi connectivity index (χ3v) is 9.52. The second kappa shape index (κ2) is 6.65. The van der Waals surface area contributed by atoms with Crippen LogP contribution in [0.5, 0.6) is 0 Å². The van der Waals surface area contributed by atoms with Crippen molar-refractivity contribution < 1.29 is 0 Å². The number of hydrogen-bond acceptors (Lipinski definition) is 2. The van der Waals surface area contributed by atoms with Gasteiger partial charge in [-0.3, -0.25) is 0 Å². The third kappa shape index (κ3) is 2.11. The molecule has 0 spiro atoms. The number of rotatable bonds is 0. The van der Waals surface area contributed by atoms with Crippen LogP contribution in [-0.2, 0) is 0 Å². The van der Waals surface area contributed by atoms with Crippen molar-refractivity contribution in [1.82, 2.24) is 0 Å². The molecule has 2 unspecified atom stereocenters. The second-order valence-electron chi connectivity index (χ2n) is 11.1. The lowest BCUT2D eigenvalue weighted by atomic mass is 9.72. The first kappa shape index (κ1) is 19.5. The van der Waals surface area contributed by atoms with Crippen molar-refractivity contribution in [1.29, 1.82) is 0 Å². The van der Waals surface area contributed by atoms with Crippen LogP contribution < -0.4 is 9.80 Å². The first-order valence-corrected chi connectivity index (χ1v) is 13.7. The SMILES string of the molecule is C1=CC2=C(C1)c1ccccc1C1c3cccc4c3-c3c(cccc3N3C5=C(CC=C5)c5ccccc5C43)N21. The maximum atomic E-state index is 2.64. The molecule has 4 aromatic carbocycles. The van der Waals surface area contributed by atoms with Crippen LogP contribution in [0.15, 0.2) is 121 Å². The van der Waals surface area contributed by atoms with Gasteiger partial charge in [0.1, 0.15) is 0 Å². The van der Waals surface area contributed by atoms with Gasteiger partial charge in [0, 0.05) is 17.0 Å². The molecule has 4 aromatic rings. The van der Waals surface area contributed by atoms with E-state index in [4.69, 9.17) is 0 Å². The highest BCUT2D eigenvalue weighted by atomic mass is 15.2. The van der Waals surface area contributed by atoms with Gasteiger partial charge < -0.3 is 9.80 Å². The Hall–Kier alpha value is -4.56. The molecule has 10 rings (SSSR count). The lowest BCUT2D eigenvalue weighted by molar-refractivity contribution is 0.735. The summed E-state index contributed by atoms with van der Waals surface area (Å²) < 4.78 is 0. The largest absolute Gasteiger partial charge is 0.329 e. The van der Waals surface area contributed by atoms with Crippen LogP contribution in [0.4, 0.5) is 11.4 Å². The fourth-order valence-electron chi connectivity index (χ4n) is 8.18. The van der Waals surface area contributed by atoms with Crippen molar-refractivity contribution >= 4 is 22.5 Å². The summed E-state index contributed by atoms with van der Waals surface area (Å²) in [5, 5.41) is 0. The standard InChI is InChI=1S/C36H24N2/c1-3-11-25-21(9-1)23-13-6-17-29(23)37-31-19-8-20-32-34(31)33-27(35(25)37)15-5-16-28(33)36-26-12-4-2-10-22(26)24-14-7-18-30(24)38(32)36/h1-12,15-20,35-36H,13-14H2. The Kier molecular flexibility index (Phi) is 3.42. The summed E-state index contributed by atoms with van der Waals surface area (Å²) >= 11 is 0. The summed E-state index contributed by atoms with van der Waals surface area (Å²) in [7, 11) is 0. The molecule has 2 aliphatic carbocycles. The first-order valence-electron chi connectivity index (χ1n) is 13.7. The highest BCUT2D eigenvalue weighted by Crippen LogP contribution is 2.63. The molecule has 178 valence electrons. The zero-order valence-electron chi connectivity index (χ0n) is 20.9. The van der Waals surface area contributed by atoms with Gasteiger partial charge >= 0.3 is 0 Å². The number of benzene rings is 4. The molecule has 4 heterocycles. The summed E-state index contributed by atoms with van der Waals surface area (Å²) in [6.45, 7) is 0. The van der Waals surface area contributed by atoms with E-state index in [-0.39, 0.29) is 12.1 Å². The number of anilines is 2. The number of fused-ring (bicyclic) bond motifs is 14. The van der Waals surface area contributed by atoms with Gasteiger partial charge in [-0.25, -0.2) is 0 Å². The highest BCUT2D eigenvalue weighted by Gasteiger charge is 2.47. The van der Waals surface area contributed by atoms with Gasteiger partial charge in [-0.05, 0) is 87.2 Å². The molecule has 6 aliphatic rings. The van der Waals surface area contributed by atoms with E-state index in [1.54, 1.807) is 0 Å². The van der Waals surface area contributed by atoms with Crippen molar-refractivity contribution in [3.63, 3.8) is 0 Å². The zero-order valence-corrected chi connectivity index (χ0v) is 20.9. The Morgan fingerprint density at radius 2 is 0.947 bits per heavy atom. The van der Waals surface area contributed by atoms with Crippen LogP contribution in [-0.4, -0.2) is 0 Å². The van der Waals surface area contributed by atoms with Crippen molar-refractivity contribution in [2.45, 2.75) is 24.9 Å². The monoisotopic (exact) mass is 484 g/mol. The van der Waals surface area contributed by atoms with E-state index in [0.717, 1.165) is 12.8 Å². The van der Waals surface area contributed by atoms with E-state index in [1.165, 1.54) is 78.4 Å². The number of nitrogens with zero attached hydrogens (tertiary/aromatic N) is 2. The quantitative estimate of drug-likeness (QED) is 0.247. The fourth-order valence-corrected chi connectivity index (χ4v) is 8.18. The lowest BCUT2D eigenvalue weighted by Crippen LogP contribution is -2.40. The Balaban J connectivity index is 1.35. The second-order valence-corrected chi connectivity index (χ2v) is 11.1. The Morgan fingerprint density at radius 1 is 0.474 bits per heavy atom. The lowest BCUT2D eigenvalue weighted by Gasteiger charge is -2.51. The molecule has 0 amide bonds. The summed E-state index contributed by atoms with van der Waals surface area (Å²) in [6, 6.07) is 32.6. The Labute approximate surface area is 222 Å². The molecule has 4 aliphatic heterocycles. The van der Waals surface area contributed by atoms with Crippen molar-refractivity contribution in [3.05, 3.63) is 154 Å². The molecule has 0 N–H and O–H groups in total. The molecule has 0 bridgehead atoms. The average Bonchev–Trinajstić information content (AvgIpc) is 3.67. The van der Waals surface area contributed by atoms with Crippen LogP contribution in [0.25, 0.3) is 22.3 Å². The van der Waals surface area contributed by atoms with Gasteiger partial charge in [-0.15, -0.1) is 0 Å². The maximum absolute atomic E-state index is 2.64. The van der Waals surface area contributed by atoms with Crippen LogP contribution in [0.2, 0.25) is 0 Å². The molecule has 0 radical (unpaired) electrons. The summed E-state index contributed by atoms with van der Waals surface area (Å²) in [5.74, 6) is 0. The van der Waals surface area contributed by atoms with E-state index in [9.17, 15) is 0 Å². The molecular weight excluding hydrogens is 460 g/mol. The molecule has 2 atom stereocenters. The molecule has 2 nitrogen and oxygen atoms in total. The van der Waals surface area contributed by atoms with Gasteiger partial charge in [0.15, 0.2) is 0 Å². The molecule has 38 heavy (non-hydrogen) atoms. The van der Waals surface area contributed by atoms with Crippen molar-refractivity contribution in [2.75, 3.05) is 9.80 Å². The fraction of sp³-hybridized carbons (Fsp3) is 0.111. The van der Waals surface area contributed by atoms with Crippen molar-refractivity contribution in [3.8, 4) is 11.1 Å². The zero-order chi connectivity index (χ0) is 24.5. The van der Waals surface area contributed by atoms with Gasteiger partial charge in [-0.1, -0.05) is 84.9 Å². The van der Waals surface area contributed by atoms with E-state index < -0.39 is 0 Å². The minimum absolute atomic E-state index is 0.178. The van der Waals surface area contributed by atoms with Crippen LogP contribution >= 0.6 is 0 Å². The maximum Gasteiger partial charge on any atom is 0.0857 e. The van der Waals surface area contributed by atoms with E-state index in [1.807, 2.05) is 0 Å². The molecule has 0 saturated carbocycles. The van der Waals surface area contributed by atoms with Gasteiger partial charge in [0.05, 0.1) is 23.5 Å². The topological polar surface area (TPSA) is 6.48 Å². The third-order valence-electron chi connectivity index (χ3n) is 9.52. The first-order chi connectivity index (χ1) is 18.9. The minimum atomic E-state index is 0.178. The van der Waals surface area contributed by atoms with Crippen LogP contribution in [0.1, 0.15) is 58.3 Å². The van der Waals surface area contributed by atoms with E-state index in [0.29, 0.717) is 0 Å². The normalized spacial score (nSPS) is 22.0. The summed E-state index contributed by atoms with van der Waals surface area (Å²) in [4.78, 5) is 5.29. The smallest absolute Gasteiger partial charge is 0.0857 e.